The number of methoxy groups -OCH3 is 1. The average molecular weight is 396 g/mol. The number of amides is 1. The number of ether oxygens (including phenoxy) is 1. The molecular formula is C20H24N6O3. The quantitative estimate of drug-likeness (QED) is 0.629. The summed E-state index contributed by atoms with van der Waals surface area (Å²) in [5.41, 5.74) is 0.337. The van der Waals surface area contributed by atoms with Crippen LogP contribution < -0.4 is 0 Å². The van der Waals surface area contributed by atoms with Gasteiger partial charge in [-0.1, -0.05) is 5.16 Å². The Labute approximate surface area is 168 Å². The summed E-state index contributed by atoms with van der Waals surface area (Å²) in [7, 11) is 3.49. The fraction of sp³-hybridized carbons (Fsp3) is 0.450. The van der Waals surface area contributed by atoms with E-state index in [1.807, 2.05) is 24.1 Å². The number of aromatic nitrogens is 5. The molecule has 1 atom stereocenters. The Bertz CT molecular complexity index is 970. The third-order valence-corrected chi connectivity index (χ3v) is 5.47. The highest BCUT2D eigenvalue weighted by Gasteiger charge is 2.43. The third-order valence-electron chi connectivity index (χ3n) is 5.47. The smallest absolute Gasteiger partial charge is 0.289 e. The van der Waals surface area contributed by atoms with Gasteiger partial charge in [0, 0.05) is 58.6 Å². The Morgan fingerprint density at radius 3 is 3.00 bits per heavy atom. The Balaban J connectivity index is 1.64. The molecule has 4 rings (SSSR count). The molecule has 1 aliphatic rings. The van der Waals surface area contributed by atoms with Crippen LogP contribution in [0.5, 0.6) is 0 Å². The first-order valence-corrected chi connectivity index (χ1v) is 9.63. The van der Waals surface area contributed by atoms with E-state index in [0.717, 1.165) is 18.4 Å². The normalized spacial score (nSPS) is 19.4. The fourth-order valence-corrected chi connectivity index (χ4v) is 3.86. The lowest BCUT2D eigenvalue weighted by Gasteiger charge is -2.40. The molecule has 0 bridgehead atoms. The summed E-state index contributed by atoms with van der Waals surface area (Å²) in [5.74, 6) is 1.37. The first-order valence-electron chi connectivity index (χ1n) is 9.63. The van der Waals surface area contributed by atoms with E-state index in [0.29, 0.717) is 43.7 Å². The van der Waals surface area contributed by atoms with Crippen molar-refractivity contribution in [1.82, 2.24) is 29.6 Å². The third kappa shape index (κ3) is 3.77. The van der Waals surface area contributed by atoms with Gasteiger partial charge in [0.1, 0.15) is 0 Å². The zero-order valence-electron chi connectivity index (χ0n) is 16.6. The largest absolute Gasteiger partial charge is 0.385 e. The number of carbonyl (C=O) groups excluding carboxylic acids is 1. The minimum absolute atomic E-state index is 0.0880. The molecule has 0 aromatic carbocycles. The van der Waals surface area contributed by atoms with Crippen LogP contribution in [0.2, 0.25) is 0 Å². The monoisotopic (exact) mass is 396 g/mol. The molecule has 0 radical (unpaired) electrons. The molecule has 1 amide bonds. The van der Waals surface area contributed by atoms with Crippen LogP contribution in [-0.4, -0.2) is 62.3 Å². The summed E-state index contributed by atoms with van der Waals surface area (Å²) >= 11 is 0. The lowest BCUT2D eigenvalue weighted by atomic mass is 9.76. The highest BCUT2D eigenvalue weighted by Crippen LogP contribution is 2.37. The van der Waals surface area contributed by atoms with Gasteiger partial charge in [0.2, 0.25) is 0 Å². The number of imidazole rings is 1. The zero-order valence-corrected chi connectivity index (χ0v) is 16.6. The number of carbonyl (C=O) groups is 1. The first-order chi connectivity index (χ1) is 14.1. The van der Waals surface area contributed by atoms with Crippen LogP contribution in [0.4, 0.5) is 0 Å². The van der Waals surface area contributed by atoms with Crippen LogP contribution >= 0.6 is 0 Å². The van der Waals surface area contributed by atoms with Crippen molar-refractivity contribution in [2.75, 3.05) is 26.8 Å². The standard InChI is InChI=1S/C20H24N6O3/c1-25-11-9-22-16(25)18(27)26-10-4-6-20(14-26,7-12-28-2)19-23-17(29-24-19)15-5-3-8-21-13-15/h3,5,8-9,11,13H,4,6-7,10,12,14H2,1-2H3. The van der Waals surface area contributed by atoms with E-state index in [9.17, 15) is 4.79 Å². The summed E-state index contributed by atoms with van der Waals surface area (Å²) < 4.78 is 12.6. The molecule has 3 aromatic heterocycles. The van der Waals surface area contributed by atoms with Crippen molar-refractivity contribution in [3.05, 3.63) is 48.6 Å². The summed E-state index contributed by atoms with van der Waals surface area (Å²) in [4.78, 5) is 27.9. The molecule has 152 valence electrons. The molecule has 0 spiro atoms. The molecule has 3 aromatic rings. The highest BCUT2D eigenvalue weighted by molar-refractivity contribution is 5.91. The minimum Gasteiger partial charge on any atom is -0.385 e. The van der Waals surface area contributed by atoms with Crippen LogP contribution in [0.15, 0.2) is 41.4 Å². The number of piperidine rings is 1. The molecule has 1 fully saturated rings. The van der Waals surface area contributed by atoms with E-state index in [4.69, 9.17) is 9.26 Å². The maximum atomic E-state index is 13.0. The minimum atomic E-state index is -0.432. The zero-order chi connectivity index (χ0) is 20.3. The summed E-state index contributed by atoms with van der Waals surface area (Å²) in [6.07, 6.45) is 9.19. The molecule has 1 aliphatic heterocycles. The van der Waals surface area contributed by atoms with Gasteiger partial charge < -0.3 is 18.7 Å². The Hall–Kier alpha value is -3.07. The number of likely N-dealkylation sites (tertiary alicyclic amines) is 1. The summed E-state index contributed by atoms with van der Waals surface area (Å²) in [6.45, 7) is 1.71. The van der Waals surface area contributed by atoms with Crippen LogP contribution in [0.3, 0.4) is 0 Å². The van der Waals surface area contributed by atoms with Gasteiger partial charge >= 0.3 is 0 Å². The molecule has 0 aliphatic carbocycles. The van der Waals surface area contributed by atoms with Crippen molar-refractivity contribution in [3.63, 3.8) is 0 Å². The molecule has 0 saturated carbocycles. The Morgan fingerprint density at radius 2 is 2.28 bits per heavy atom. The second-order valence-electron chi connectivity index (χ2n) is 7.38. The predicted molar refractivity (Wildman–Crippen MR) is 104 cm³/mol. The summed E-state index contributed by atoms with van der Waals surface area (Å²) in [5, 5.41) is 4.29. The van der Waals surface area contributed by atoms with E-state index in [-0.39, 0.29) is 5.91 Å². The van der Waals surface area contributed by atoms with Gasteiger partial charge in [0.25, 0.3) is 11.8 Å². The molecule has 1 saturated heterocycles. The number of aryl methyl sites for hydroxylation is 1. The van der Waals surface area contributed by atoms with Gasteiger partial charge in [-0.2, -0.15) is 4.98 Å². The Kier molecular flexibility index (Phi) is 5.39. The van der Waals surface area contributed by atoms with Crippen molar-refractivity contribution in [2.45, 2.75) is 24.7 Å². The van der Waals surface area contributed by atoms with E-state index in [1.165, 1.54) is 0 Å². The van der Waals surface area contributed by atoms with Gasteiger partial charge in [-0.05, 0) is 31.4 Å². The summed E-state index contributed by atoms with van der Waals surface area (Å²) in [6, 6.07) is 3.71. The van der Waals surface area contributed by atoms with Crippen LogP contribution in [0, 0.1) is 0 Å². The van der Waals surface area contributed by atoms with Gasteiger partial charge in [-0.3, -0.25) is 9.78 Å². The van der Waals surface area contributed by atoms with Gasteiger partial charge in [-0.25, -0.2) is 4.98 Å². The Morgan fingerprint density at radius 1 is 1.38 bits per heavy atom. The van der Waals surface area contributed by atoms with Crippen molar-refractivity contribution in [3.8, 4) is 11.5 Å². The molecule has 29 heavy (non-hydrogen) atoms. The van der Waals surface area contributed by atoms with Gasteiger partial charge in [0.05, 0.1) is 11.0 Å². The second-order valence-corrected chi connectivity index (χ2v) is 7.38. The van der Waals surface area contributed by atoms with Crippen molar-refractivity contribution in [2.24, 2.45) is 7.05 Å². The number of hydrogen-bond acceptors (Lipinski definition) is 7. The molecule has 9 heteroatoms. The highest BCUT2D eigenvalue weighted by atomic mass is 16.5. The maximum Gasteiger partial charge on any atom is 0.289 e. The van der Waals surface area contributed by atoms with Crippen molar-refractivity contribution < 1.29 is 14.1 Å². The van der Waals surface area contributed by atoms with E-state index in [2.05, 4.69) is 20.1 Å². The van der Waals surface area contributed by atoms with Gasteiger partial charge in [-0.15, -0.1) is 0 Å². The van der Waals surface area contributed by atoms with E-state index >= 15 is 0 Å². The van der Waals surface area contributed by atoms with E-state index < -0.39 is 5.41 Å². The van der Waals surface area contributed by atoms with Crippen LogP contribution in [-0.2, 0) is 17.2 Å². The lowest BCUT2D eigenvalue weighted by Crippen LogP contribution is -2.50. The molecular weight excluding hydrogens is 372 g/mol. The van der Waals surface area contributed by atoms with E-state index in [1.54, 1.807) is 36.5 Å². The molecule has 9 nitrogen and oxygen atoms in total. The molecule has 1 unspecified atom stereocenters. The van der Waals surface area contributed by atoms with Gasteiger partial charge in [0.15, 0.2) is 11.6 Å². The predicted octanol–water partition coefficient (Wildman–Crippen LogP) is 2.08. The first kappa shape index (κ1) is 19.3. The number of hydrogen-bond donors (Lipinski definition) is 0. The number of nitrogens with zero attached hydrogens (tertiary/aromatic N) is 6. The number of pyridine rings is 1. The van der Waals surface area contributed by atoms with Crippen LogP contribution in [0.1, 0.15) is 35.7 Å². The number of rotatable bonds is 6. The SMILES string of the molecule is COCCC1(c2noc(-c3cccnc3)n2)CCCN(C(=O)c2nccn2C)C1. The molecule has 4 heterocycles. The van der Waals surface area contributed by atoms with Crippen molar-refractivity contribution >= 4 is 5.91 Å². The van der Waals surface area contributed by atoms with Crippen molar-refractivity contribution in [1.29, 1.82) is 0 Å². The maximum absolute atomic E-state index is 13.0. The lowest BCUT2D eigenvalue weighted by molar-refractivity contribution is 0.0552. The fourth-order valence-electron chi connectivity index (χ4n) is 3.86. The molecule has 0 N–H and O–H groups in total. The second kappa shape index (κ2) is 8.12. The average Bonchev–Trinajstić information content (AvgIpc) is 3.42. The van der Waals surface area contributed by atoms with Crippen LogP contribution in [0.25, 0.3) is 11.5 Å². The topological polar surface area (TPSA) is 99.2 Å².